The van der Waals surface area contributed by atoms with E-state index >= 15 is 0 Å². The minimum Gasteiger partial charge on any atom is -0.352 e. The van der Waals surface area contributed by atoms with Gasteiger partial charge in [-0.3, -0.25) is 9.59 Å². The van der Waals surface area contributed by atoms with Crippen LogP contribution in [0.15, 0.2) is 33.7 Å². The fourth-order valence-corrected chi connectivity index (χ4v) is 3.65. The first kappa shape index (κ1) is 17.0. The predicted octanol–water partition coefficient (Wildman–Crippen LogP) is 3.12. The van der Waals surface area contributed by atoms with Gasteiger partial charge in [-0.1, -0.05) is 23.9 Å². The Bertz CT molecular complexity index is 602. The van der Waals surface area contributed by atoms with Crippen LogP contribution in [-0.2, 0) is 9.59 Å². The maximum absolute atomic E-state index is 12.1. The van der Waals surface area contributed by atoms with Crippen molar-refractivity contribution in [2.45, 2.75) is 25.5 Å². The van der Waals surface area contributed by atoms with Gasteiger partial charge in [0.05, 0.1) is 5.69 Å². The standard InChI is InChI=1S/C15H18BrN3O2S/c1-3-19(4-2)15-18-14(21)12(22-15)9-13(20)17-11-8-6-5-7-10(11)16/h5-8,12H,3-4,9H2,1-2H3,(H,17,20)/t12-/m1/s1. The Labute approximate surface area is 142 Å². The van der Waals surface area contributed by atoms with E-state index in [2.05, 4.69) is 26.2 Å². The molecule has 1 aliphatic rings. The minimum atomic E-state index is -0.432. The van der Waals surface area contributed by atoms with Crippen molar-refractivity contribution >= 4 is 50.4 Å². The fraction of sp³-hybridized carbons (Fsp3) is 0.400. The number of anilines is 1. The van der Waals surface area contributed by atoms with E-state index in [-0.39, 0.29) is 18.2 Å². The van der Waals surface area contributed by atoms with Crippen LogP contribution in [0.25, 0.3) is 0 Å². The molecular formula is C15H18BrN3O2S. The Kier molecular flexibility index (Phi) is 6.02. The van der Waals surface area contributed by atoms with Crippen molar-refractivity contribution in [3.63, 3.8) is 0 Å². The van der Waals surface area contributed by atoms with Gasteiger partial charge in [0.1, 0.15) is 5.25 Å². The lowest BCUT2D eigenvalue weighted by molar-refractivity contribution is -0.121. The van der Waals surface area contributed by atoms with Gasteiger partial charge in [-0.05, 0) is 41.9 Å². The molecule has 1 aromatic carbocycles. The number of carbonyl (C=O) groups excluding carboxylic acids is 2. The normalized spacial score (nSPS) is 17.3. The highest BCUT2D eigenvalue weighted by atomic mass is 79.9. The summed E-state index contributed by atoms with van der Waals surface area (Å²) in [6.07, 6.45) is 0.124. The first-order valence-corrected chi connectivity index (χ1v) is 8.81. The van der Waals surface area contributed by atoms with Crippen LogP contribution in [-0.4, -0.2) is 40.2 Å². The van der Waals surface area contributed by atoms with Gasteiger partial charge in [-0.25, -0.2) is 0 Å². The second-order valence-corrected chi connectivity index (χ2v) is 6.77. The molecular weight excluding hydrogens is 366 g/mol. The number of nitrogens with zero attached hydrogens (tertiary/aromatic N) is 2. The number of nitrogens with one attached hydrogen (secondary N) is 1. The number of carbonyl (C=O) groups is 2. The van der Waals surface area contributed by atoms with Gasteiger partial charge >= 0.3 is 0 Å². The van der Waals surface area contributed by atoms with Crippen LogP contribution in [0.5, 0.6) is 0 Å². The van der Waals surface area contributed by atoms with Crippen LogP contribution >= 0.6 is 27.7 Å². The summed E-state index contributed by atoms with van der Waals surface area (Å²) in [5.74, 6) is -0.414. The third-order valence-electron chi connectivity index (χ3n) is 3.28. The summed E-state index contributed by atoms with van der Waals surface area (Å²) in [5.41, 5.74) is 0.702. The summed E-state index contributed by atoms with van der Waals surface area (Å²) in [5, 5.41) is 3.10. The third kappa shape index (κ3) is 4.10. The van der Waals surface area contributed by atoms with Gasteiger partial charge in [-0.2, -0.15) is 4.99 Å². The molecule has 2 rings (SSSR count). The second-order valence-electron chi connectivity index (χ2n) is 4.74. The van der Waals surface area contributed by atoms with E-state index in [1.54, 1.807) is 0 Å². The molecule has 0 aliphatic carbocycles. The Morgan fingerprint density at radius 1 is 1.36 bits per heavy atom. The monoisotopic (exact) mass is 383 g/mol. The number of hydrogen-bond donors (Lipinski definition) is 1. The molecule has 0 saturated carbocycles. The lowest BCUT2D eigenvalue weighted by Crippen LogP contribution is -2.27. The third-order valence-corrected chi connectivity index (χ3v) is 5.19. The van der Waals surface area contributed by atoms with E-state index < -0.39 is 5.25 Å². The summed E-state index contributed by atoms with van der Waals surface area (Å²) in [7, 11) is 0. The number of benzene rings is 1. The SMILES string of the molecule is CCN(CC)C1=NC(=O)[C@@H](CC(=O)Nc2ccccc2Br)S1. The van der Waals surface area contributed by atoms with Gasteiger partial charge in [0.15, 0.2) is 5.17 Å². The number of halogens is 1. The highest BCUT2D eigenvalue weighted by molar-refractivity contribution is 9.10. The van der Waals surface area contributed by atoms with Crippen LogP contribution in [0.3, 0.4) is 0 Å². The molecule has 22 heavy (non-hydrogen) atoms. The van der Waals surface area contributed by atoms with Gasteiger partial charge < -0.3 is 10.2 Å². The zero-order valence-corrected chi connectivity index (χ0v) is 14.9. The molecule has 5 nitrogen and oxygen atoms in total. The van der Waals surface area contributed by atoms with Crippen LogP contribution in [0, 0.1) is 0 Å². The summed E-state index contributed by atoms with van der Waals surface area (Å²) < 4.78 is 0.814. The number of aliphatic imine (C=N–C) groups is 1. The number of thioether (sulfide) groups is 1. The quantitative estimate of drug-likeness (QED) is 0.848. The Balaban J connectivity index is 1.94. The molecule has 1 N–H and O–H groups in total. The van der Waals surface area contributed by atoms with E-state index in [9.17, 15) is 9.59 Å². The molecule has 0 radical (unpaired) electrons. The number of para-hydroxylation sites is 1. The maximum Gasteiger partial charge on any atom is 0.262 e. The van der Waals surface area contributed by atoms with E-state index in [0.717, 1.165) is 17.6 Å². The summed E-state index contributed by atoms with van der Waals surface area (Å²) >= 11 is 4.75. The number of amides is 2. The first-order chi connectivity index (χ1) is 10.5. The number of rotatable bonds is 5. The van der Waals surface area contributed by atoms with Gasteiger partial charge in [0, 0.05) is 24.0 Å². The molecule has 0 fully saturated rings. The maximum atomic E-state index is 12.1. The molecule has 118 valence electrons. The van der Waals surface area contributed by atoms with Crippen LogP contribution < -0.4 is 5.32 Å². The highest BCUT2D eigenvalue weighted by Crippen LogP contribution is 2.28. The van der Waals surface area contributed by atoms with Crippen molar-refractivity contribution in [3.05, 3.63) is 28.7 Å². The second kappa shape index (κ2) is 7.78. The van der Waals surface area contributed by atoms with Crippen molar-refractivity contribution in [2.24, 2.45) is 4.99 Å². The molecule has 0 unspecified atom stereocenters. The van der Waals surface area contributed by atoms with Crippen LogP contribution in [0.1, 0.15) is 20.3 Å². The number of hydrogen-bond acceptors (Lipinski definition) is 4. The number of amidine groups is 1. The lowest BCUT2D eigenvalue weighted by Gasteiger charge is -2.19. The Morgan fingerprint density at radius 3 is 2.68 bits per heavy atom. The average molecular weight is 384 g/mol. The van der Waals surface area contributed by atoms with Gasteiger partial charge in [0.25, 0.3) is 5.91 Å². The summed E-state index contributed by atoms with van der Waals surface area (Å²) in [4.78, 5) is 30.2. The van der Waals surface area contributed by atoms with Crippen molar-refractivity contribution in [2.75, 3.05) is 18.4 Å². The molecule has 7 heteroatoms. The molecule has 0 aromatic heterocycles. The fourth-order valence-electron chi connectivity index (χ4n) is 2.07. The van der Waals surface area contributed by atoms with E-state index in [1.165, 1.54) is 11.8 Å². The Morgan fingerprint density at radius 2 is 2.05 bits per heavy atom. The highest BCUT2D eigenvalue weighted by Gasteiger charge is 2.32. The topological polar surface area (TPSA) is 61.8 Å². The molecule has 1 heterocycles. The summed E-state index contributed by atoms with van der Waals surface area (Å²) in [6, 6.07) is 7.38. The van der Waals surface area contributed by atoms with E-state index in [1.807, 2.05) is 43.0 Å². The van der Waals surface area contributed by atoms with Crippen molar-refractivity contribution in [3.8, 4) is 0 Å². The minimum absolute atomic E-state index is 0.124. The van der Waals surface area contributed by atoms with Gasteiger partial charge in [0.2, 0.25) is 5.91 Å². The average Bonchev–Trinajstić information content (AvgIpc) is 2.84. The van der Waals surface area contributed by atoms with E-state index in [4.69, 9.17) is 0 Å². The predicted molar refractivity (Wildman–Crippen MR) is 94.1 cm³/mol. The molecule has 2 amide bonds. The van der Waals surface area contributed by atoms with Crippen LogP contribution in [0.4, 0.5) is 5.69 Å². The molecule has 0 saturated heterocycles. The molecule has 1 aliphatic heterocycles. The van der Waals surface area contributed by atoms with Crippen molar-refractivity contribution in [1.82, 2.24) is 4.90 Å². The summed E-state index contributed by atoms with van der Waals surface area (Å²) in [6.45, 7) is 5.63. The molecule has 0 bridgehead atoms. The van der Waals surface area contributed by atoms with Crippen molar-refractivity contribution < 1.29 is 9.59 Å². The van der Waals surface area contributed by atoms with Crippen LogP contribution in [0.2, 0.25) is 0 Å². The molecule has 0 spiro atoms. The first-order valence-electron chi connectivity index (χ1n) is 7.13. The molecule has 1 atom stereocenters. The zero-order valence-electron chi connectivity index (χ0n) is 12.5. The van der Waals surface area contributed by atoms with Gasteiger partial charge in [-0.15, -0.1) is 0 Å². The molecule has 1 aromatic rings. The zero-order chi connectivity index (χ0) is 16.1. The lowest BCUT2D eigenvalue weighted by atomic mass is 10.2. The van der Waals surface area contributed by atoms with E-state index in [0.29, 0.717) is 10.9 Å². The smallest absolute Gasteiger partial charge is 0.262 e. The van der Waals surface area contributed by atoms with Crippen molar-refractivity contribution in [1.29, 1.82) is 0 Å². The Hall–Kier alpha value is -1.34. The largest absolute Gasteiger partial charge is 0.352 e.